The van der Waals surface area contributed by atoms with E-state index < -0.39 is 54.1 Å². The highest BCUT2D eigenvalue weighted by molar-refractivity contribution is 5.99. The van der Waals surface area contributed by atoms with E-state index in [1.807, 2.05) is 6.07 Å². The zero-order valence-corrected chi connectivity index (χ0v) is 19.1. The molecule has 0 spiro atoms. The Hall–Kier alpha value is -3.63. The summed E-state index contributed by atoms with van der Waals surface area (Å²) in [5, 5.41) is 2.49. The van der Waals surface area contributed by atoms with E-state index >= 15 is 0 Å². The van der Waals surface area contributed by atoms with Crippen LogP contribution >= 0.6 is 0 Å². The largest absolute Gasteiger partial charge is 0.417 e. The number of carbonyl (C=O) groups is 1. The van der Waals surface area contributed by atoms with Crippen LogP contribution in [0.1, 0.15) is 34.6 Å². The van der Waals surface area contributed by atoms with E-state index in [-0.39, 0.29) is 24.8 Å². The van der Waals surface area contributed by atoms with Crippen LogP contribution in [-0.2, 0) is 6.18 Å². The average Bonchev–Trinajstić information content (AvgIpc) is 2.82. The molecule has 1 N–H and O–H groups in total. The van der Waals surface area contributed by atoms with Crippen LogP contribution in [0, 0.1) is 12.7 Å². The second kappa shape index (κ2) is 9.79. The molecule has 3 heterocycles. The minimum atomic E-state index is -4.78. The van der Waals surface area contributed by atoms with Gasteiger partial charge in [0, 0.05) is 43.4 Å². The van der Waals surface area contributed by atoms with Crippen LogP contribution in [0.5, 0.6) is 0 Å². The number of pyridine rings is 2. The number of halogens is 6. The molecule has 2 aromatic heterocycles. The second-order valence-corrected chi connectivity index (χ2v) is 8.61. The first-order valence-corrected chi connectivity index (χ1v) is 11.1. The number of hydrogen-bond acceptors (Lipinski definition) is 4. The average molecular weight is 508 g/mol. The Morgan fingerprint density at radius 2 is 1.89 bits per heavy atom. The number of hydrogen-bond donors (Lipinski definition) is 1. The van der Waals surface area contributed by atoms with Gasteiger partial charge in [0.15, 0.2) is 11.6 Å². The number of rotatable bonds is 5. The number of likely N-dealkylation sites (tertiary alicyclic amines) is 1. The Kier molecular flexibility index (Phi) is 6.92. The Morgan fingerprint density at radius 3 is 2.56 bits per heavy atom. The van der Waals surface area contributed by atoms with Gasteiger partial charge in [0.25, 0.3) is 11.8 Å². The summed E-state index contributed by atoms with van der Waals surface area (Å²) in [5.41, 5.74) is 0.638. The minimum Gasteiger partial charge on any atom is -0.366 e. The molecule has 1 fully saturated rings. The molecule has 11 heteroatoms. The lowest BCUT2D eigenvalue weighted by molar-refractivity contribution is -0.138. The maximum Gasteiger partial charge on any atom is 0.417 e. The normalized spacial score (nSPS) is 17.6. The highest BCUT2D eigenvalue weighted by Crippen LogP contribution is 2.34. The molecule has 1 aliphatic heterocycles. The summed E-state index contributed by atoms with van der Waals surface area (Å²) >= 11 is 0. The first-order valence-electron chi connectivity index (χ1n) is 11.1. The van der Waals surface area contributed by atoms with E-state index in [1.54, 1.807) is 43.3 Å². The van der Waals surface area contributed by atoms with Crippen molar-refractivity contribution in [1.82, 2.24) is 14.9 Å². The van der Waals surface area contributed by atoms with Gasteiger partial charge in [0.2, 0.25) is 0 Å². The first kappa shape index (κ1) is 25.5. The monoisotopic (exact) mass is 508 g/mol. The molecule has 190 valence electrons. The van der Waals surface area contributed by atoms with E-state index in [0.29, 0.717) is 17.5 Å². The second-order valence-electron chi connectivity index (χ2n) is 8.61. The lowest BCUT2D eigenvalue weighted by atomic mass is 9.96. The van der Waals surface area contributed by atoms with Crippen molar-refractivity contribution in [2.45, 2.75) is 37.9 Å². The molecule has 1 unspecified atom stereocenters. The van der Waals surface area contributed by atoms with E-state index in [0.717, 1.165) is 5.56 Å². The first-order chi connectivity index (χ1) is 16.9. The number of alkyl halides is 5. The van der Waals surface area contributed by atoms with Crippen LogP contribution in [0.3, 0.4) is 0 Å². The molecular formula is C25H22F6N4O. The van der Waals surface area contributed by atoms with Gasteiger partial charge in [-0.2, -0.15) is 13.2 Å². The quantitative estimate of drug-likeness (QED) is 0.432. The molecule has 1 atom stereocenters. The molecule has 0 aliphatic carbocycles. The fourth-order valence-electron chi connectivity index (χ4n) is 4.12. The highest BCUT2D eigenvalue weighted by Gasteiger charge is 2.43. The molecule has 4 rings (SSSR count). The Bertz CT molecular complexity index is 1250. The van der Waals surface area contributed by atoms with Crippen LogP contribution in [0.4, 0.5) is 32.2 Å². The predicted molar refractivity (Wildman–Crippen MR) is 121 cm³/mol. The van der Waals surface area contributed by atoms with Gasteiger partial charge in [0.1, 0.15) is 5.69 Å². The van der Waals surface area contributed by atoms with Crippen molar-refractivity contribution in [2.75, 3.05) is 18.4 Å². The van der Waals surface area contributed by atoms with Gasteiger partial charge < -0.3 is 10.2 Å². The van der Waals surface area contributed by atoms with Gasteiger partial charge >= 0.3 is 6.18 Å². The topological polar surface area (TPSA) is 58.1 Å². The summed E-state index contributed by atoms with van der Waals surface area (Å²) in [6.45, 7) is 1.09. The SMILES string of the molecule is Cc1ccc(-c2ccccc2)c(C(=O)N2CCC(F)(F)CC2CNc2ncc(C(F)(F)F)cc2F)n1. The number of anilines is 1. The number of benzene rings is 1. The third-order valence-corrected chi connectivity index (χ3v) is 5.95. The predicted octanol–water partition coefficient (Wildman–Crippen LogP) is 5.96. The summed E-state index contributed by atoms with van der Waals surface area (Å²) < 4.78 is 81.2. The summed E-state index contributed by atoms with van der Waals surface area (Å²) in [7, 11) is 0. The van der Waals surface area contributed by atoms with E-state index in [2.05, 4.69) is 15.3 Å². The Balaban J connectivity index is 1.61. The van der Waals surface area contributed by atoms with E-state index in [1.165, 1.54) is 4.90 Å². The molecule has 0 bridgehead atoms. The molecule has 3 aromatic rings. The molecule has 1 amide bonds. The zero-order chi connectivity index (χ0) is 26.1. The summed E-state index contributed by atoms with van der Waals surface area (Å²) in [6.07, 6.45) is -5.60. The molecule has 5 nitrogen and oxygen atoms in total. The Morgan fingerprint density at radius 1 is 1.17 bits per heavy atom. The molecule has 1 aromatic carbocycles. The third kappa shape index (κ3) is 5.60. The van der Waals surface area contributed by atoms with Gasteiger partial charge in [-0.1, -0.05) is 36.4 Å². The number of amides is 1. The lowest BCUT2D eigenvalue weighted by Gasteiger charge is -2.39. The van der Waals surface area contributed by atoms with Crippen molar-refractivity contribution in [3.8, 4) is 11.1 Å². The number of aryl methyl sites for hydroxylation is 1. The Labute approximate surface area is 203 Å². The standard InChI is InChI=1S/C25H22F6N4O/c1-15-7-8-19(16-5-3-2-4-6-16)21(34-15)23(36)35-10-9-24(27,28)12-18(35)14-33-22-20(26)11-17(13-32-22)25(29,30)31/h2-8,11,13,18H,9-10,12,14H2,1H3,(H,32,33). The molecule has 1 saturated heterocycles. The van der Waals surface area contributed by atoms with Crippen LogP contribution in [0.15, 0.2) is 54.7 Å². The minimum absolute atomic E-state index is 0.0928. The summed E-state index contributed by atoms with van der Waals surface area (Å²) in [5.74, 6) is -5.45. The molecule has 1 aliphatic rings. The molecule has 0 saturated carbocycles. The third-order valence-electron chi connectivity index (χ3n) is 5.95. The van der Waals surface area contributed by atoms with Gasteiger partial charge in [-0.3, -0.25) is 4.79 Å². The van der Waals surface area contributed by atoms with Crippen LogP contribution < -0.4 is 5.32 Å². The van der Waals surface area contributed by atoms with Crippen LogP contribution in [-0.4, -0.2) is 45.8 Å². The van der Waals surface area contributed by atoms with E-state index in [4.69, 9.17) is 0 Å². The zero-order valence-electron chi connectivity index (χ0n) is 19.1. The van der Waals surface area contributed by atoms with Gasteiger partial charge in [-0.05, 0) is 24.6 Å². The number of nitrogens with one attached hydrogen (secondary N) is 1. The van der Waals surface area contributed by atoms with Gasteiger partial charge in [0.05, 0.1) is 11.6 Å². The van der Waals surface area contributed by atoms with E-state index in [9.17, 15) is 31.1 Å². The molecule has 0 radical (unpaired) electrons. The molecular weight excluding hydrogens is 486 g/mol. The smallest absolute Gasteiger partial charge is 0.366 e. The molecule has 36 heavy (non-hydrogen) atoms. The maximum absolute atomic E-state index is 14.3. The number of aromatic nitrogens is 2. The number of carbonyl (C=O) groups excluding carboxylic acids is 1. The lowest BCUT2D eigenvalue weighted by Crippen LogP contribution is -2.52. The fraction of sp³-hybridized carbons (Fsp3) is 0.320. The van der Waals surface area contributed by atoms with Gasteiger partial charge in [-0.25, -0.2) is 23.1 Å². The fourth-order valence-corrected chi connectivity index (χ4v) is 4.12. The summed E-state index contributed by atoms with van der Waals surface area (Å²) in [4.78, 5) is 22.7. The van der Waals surface area contributed by atoms with Gasteiger partial charge in [-0.15, -0.1) is 0 Å². The van der Waals surface area contributed by atoms with Crippen LogP contribution in [0.25, 0.3) is 11.1 Å². The summed E-state index contributed by atoms with van der Waals surface area (Å²) in [6, 6.07) is 11.7. The maximum atomic E-state index is 14.3. The van der Waals surface area contributed by atoms with Crippen molar-refractivity contribution >= 4 is 11.7 Å². The van der Waals surface area contributed by atoms with Crippen molar-refractivity contribution in [1.29, 1.82) is 0 Å². The number of nitrogens with zero attached hydrogens (tertiary/aromatic N) is 3. The number of piperidine rings is 1. The van der Waals surface area contributed by atoms with Crippen molar-refractivity contribution in [3.63, 3.8) is 0 Å². The van der Waals surface area contributed by atoms with Crippen molar-refractivity contribution in [3.05, 3.63) is 77.5 Å². The highest BCUT2D eigenvalue weighted by atomic mass is 19.4. The van der Waals surface area contributed by atoms with Crippen molar-refractivity contribution in [2.24, 2.45) is 0 Å². The van der Waals surface area contributed by atoms with Crippen LogP contribution in [0.2, 0.25) is 0 Å². The van der Waals surface area contributed by atoms with Crippen molar-refractivity contribution < 1.29 is 31.1 Å².